The number of nitrogens with zero attached hydrogens (tertiary/aromatic N) is 1. The minimum Gasteiger partial charge on any atom is -0.491 e. The van der Waals surface area contributed by atoms with Gasteiger partial charge in [0, 0.05) is 24.1 Å². The molecule has 2 heterocycles. The Morgan fingerprint density at radius 3 is 2.96 bits per heavy atom. The van der Waals surface area contributed by atoms with Crippen molar-refractivity contribution in [1.29, 1.82) is 0 Å². The molecular formula is C19H25NO3. The van der Waals surface area contributed by atoms with Gasteiger partial charge < -0.3 is 9.47 Å². The number of carbonyl (C=O) groups excluding carboxylic acids is 1. The average Bonchev–Trinajstić information content (AvgIpc) is 3.24. The zero-order valence-electron chi connectivity index (χ0n) is 14.1. The van der Waals surface area contributed by atoms with Crippen LogP contribution in [0.5, 0.6) is 5.75 Å². The molecule has 0 N–H and O–H groups in total. The summed E-state index contributed by atoms with van der Waals surface area (Å²) < 4.78 is 10.9. The molecular weight excluding hydrogens is 290 g/mol. The van der Waals surface area contributed by atoms with Crippen LogP contribution in [0.1, 0.15) is 54.1 Å². The summed E-state index contributed by atoms with van der Waals surface area (Å²) in [6.07, 6.45) is 4.93. The summed E-state index contributed by atoms with van der Waals surface area (Å²) in [7, 11) is 1.44. The Hall–Kier alpha value is -1.55. The molecule has 3 aliphatic rings. The van der Waals surface area contributed by atoms with Crippen molar-refractivity contribution in [3.8, 4) is 5.75 Å². The molecule has 124 valence electrons. The Morgan fingerprint density at radius 1 is 1.43 bits per heavy atom. The lowest BCUT2D eigenvalue weighted by Gasteiger charge is -2.31. The predicted octanol–water partition coefficient (Wildman–Crippen LogP) is 3.13. The first-order chi connectivity index (χ1) is 11.1. The van der Waals surface area contributed by atoms with Crippen molar-refractivity contribution < 1.29 is 14.3 Å². The zero-order chi connectivity index (χ0) is 16.0. The fraction of sp³-hybridized carbons (Fsp3) is 0.632. The van der Waals surface area contributed by atoms with E-state index in [1.54, 1.807) is 0 Å². The summed E-state index contributed by atoms with van der Waals surface area (Å²) in [4.78, 5) is 14.7. The van der Waals surface area contributed by atoms with Crippen LogP contribution in [0.4, 0.5) is 0 Å². The Kier molecular flexibility index (Phi) is 3.60. The summed E-state index contributed by atoms with van der Waals surface area (Å²) in [5.41, 5.74) is 3.24. The first-order valence-electron chi connectivity index (χ1n) is 8.72. The minimum absolute atomic E-state index is 0.184. The lowest BCUT2D eigenvalue weighted by atomic mass is 9.93. The van der Waals surface area contributed by atoms with E-state index in [1.165, 1.54) is 43.9 Å². The van der Waals surface area contributed by atoms with Gasteiger partial charge in [-0.2, -0.15) is 0 Å². The highest BCUT2D eigenvalue weighted by Crippen LogP contribution is 2.56. The Bertz CT molecular complexity index is 636. The van der Waals surface area contributed by atoms with E-state index in [0.717, 1.165) is 37.9 Å². The van der Waals surface area contributed by atoms with Crippen LogP contribution in [-0.2, 0) is 16.7 Å². The molecule has 4 rings (SSSR count). The second-order valence-electron chi connectivity index (χ2n) is 7.56. The van der Waals surface area contributed by atoms with Crippen molar-refractivity contribution in [3.63, 3.8) is 0 Å². The average molecular weight is 315 g/mol. The normalized spacial score (nSPS) is 25.0. The molecule has 0 amide bonds. The van der Waals surface area contributed by atoms with Crippen LogP contribution in [0, 0.1) is 5.92 Å². The van der Waals surface area contributed by atoms with E-state index in [9.17, 15) is 4.79 Å². The molecule has 1 atom stereocenters. The number of hydrogen-bond acceptors (Lipinski definition) is 4. The monoisotopic (exact) mass is 315 g/mol. The third-order valence-electron chi connectivity index (χ3n) is 5.62. The number of carbonyl (C=O) groups is 1. The highest BCUT2D eigenvalue weighted by molar-refractivity contribution is 5.93. The summed E-state index contributed by atoms with van der Waals surface area (Å²) in [5.74, 6) is 1.24. The van der Waals surface area contributed by atoms with E-state index in [1.807, 2.05) is 6.07 Å². The van der Waals surface area contributed by atoms with E-state index in [4.69, 9.17) is 9.47 Å². The van der Waals surface area contributed by atoms with Crippen molar-refractivity contribution in [1.82, 2.24) is 4.90 Å². The predicted molar refractivity (Wildman–Crippen MR) is 87.9 cm³/mol. The molecule has 1 aliphatic carbocycles. The fourth-order valence-electron chi connectivity index (χ4n) is 4.13. The van der Waals surface area contributed by atoms with Crippen molar-refractivity contribution in [3.05, 3.63) is 28.8 Å². The maximum atomic E-state index is 12.2. The SMILES string of the molecule is COC(=O)c1cc(CN2CCC[C@H](C)C2)cc2c1OCC21CC1. The van der Waals surface area contributed by atoms with Gasteiger partial charge in [0.2, 0.25) is 0 Å². The molecule has 1 aromatic rings. The van der Waals surface area contributed by atoms with Crippen LogP contribution in [0.15, 0.2) is 12.1 Å². The minimum atomic E-state index is -0.284. The summed E-state index contributed by atoms with van der Waals surface area (Å²) in [6, 6.07) is 4.26. The van der Waals surface area contributed by atoms with Crippen LogP contribution in [0.25, 0.3) is 0 Å². The van der Waals surface area contributed by atoms with Gasteiger partial charge in [-0.3, -0.25) is 4.90 Å². The topological polar surface area (TPSA) is 38.8 Å². The van der Waals surface area contributed by atoms with E-state index in [0.29, 0.717) is 5.56 Å². The molecule has 2 fully saturated rings. The quantitative estimate of drug-likeness (QED) is 0.803. The number of esters is 1. The Morgan fingerprint density at radius 2 is 2.26 bits per heavy atom. The maximum absolute atomic E-state index is 12.2. The molecule has 23 heavy (non-hydrogen) atoms. The number of likely N-dealkylation sites (tertiary alicyclic amines) is 1. The number of fused-ring (bicyclic) bond motifs is 2. The Balaban J connectivity index is 1.66. The van der Waals surface area contributed by atoms with Crippen molar-refractivity contribution in [2.75, 3.05) is 26.8 Å². The molecule has 0 radical (unpaired) electrons. The van der Waals surface area contributed by atoms with Crippen LogP contribution in [0.2, 0.25) is 0 Å². The van der Waals surface area contributed by atoms with E-state index in [2.05, 4.69) is 17.9 Å². The number of ether oxygens (including phenoxy) is 2. The van der Waals surface area contributed by atoms with Crippen LogP contribution in [-0.4, -0.2) is 37.7 Å². The lowest BCUT2D eigenvalue weighted by molar-refractivity contribution is 0.0596. The fourth-order valence-corrected chi connectivity index (χ4v) is 4.13. The van der Waals surface area contributed by atoms with E-state index in [-0.39, 0.29) is 11.4 Å². The third kappa shape index (κ3) is 2.63. The molecule has 1 aromatic carbocycles. The zero-order valence-corrected chi connectivity index (χ0v) is 14.1. The lowest BCUT2D eigenvalue weighted by Crippen LogP contribution is -2.33. The summed E-state index contributed by atoms with van der Waals surface area (Å²) in [6.45, 7) is 6.25. The van der Waals surface area contributed by atoms with Gasteiger partial charge in [-0.15, -0.1) is 0 Å². The van der Waals surface area contributed by atoms with Crippen LogP contribution >= 0.6 is 0 Å². The molecule has 0 unspecified atom stereocenters. The molecule has 2 aliphatic heterocycles. The molecule has 1 saturated carbocycles. The van der Waals surface area contributed by atoms with Crippen molar-refractivity contribution in [2.24, 2.45) is 5.92 Å². The molecule has 4 nitrogen and oxygen atoms in total. The highest BCUT2D eigenvalue weighted by atomic mass is 16.5. The smallest absolute Gasteiger partial charge is 0.341 e. The van der Waals surface area contributed by atoms with Gasteiger partial charge in [0.15, 0.2) is 0 Å². The molecule has 0 aromatic heterocycles. The van der Waals surface area contributed by atoms with Gasteiger partial charge in [0.05, 0.1) is 13.7 Å². The van der Waals surface area contributed by atoms with Crippen LogP contribution < -0.4 is 4.74 Å². The number of hydrogen-bond donors (Lipinski definition) is 0. The van der Waals surface area contributed by atoms with Gasteiger partial charge in [-0.1, -0.05) is 13.0 Å². The number of benzene rings is 1. The molecule has 1 spiro atoms. The molecule has 4 heteroatoms. The largest absolute Gasteiger partial charge is 0.491 e. The number of piperidine rings is 1. The van der Waals surface area contributed by atoms with Crippen molar-refractivity contribution in [2.45, 2.75) is 44.6 Å². The first kappa shape index (κ1) is 15.0. The second kappa shape index (κ2) is 5.52. The van der Waals surface area contributed by atoms with Gasteiger partial charge in [-0.25, -0.2) is 4.79 Å². The van der Waals surface area contributed by atoms with Crippen molar-refractivity contribution >= 4 is 5.97 Å². The highest BCUT2D eigenvalue weighted by Gasteiger charge is 2.51. The number of methoxy groups -OCH3 is 1. The standard InChI is InChI=1S/C19H25NO3/c1-13-4-3-7-20(10-13)11-14-8-15(18(21)22-2)17-16(9-14)19(5-6-19)12-23-17/h8-9,13H,3-7,10-12H2,1-2H3/t13-/m0/s1. The maximum Gasteiger partial charge on any atom is 0.341 e. The van der Waals surface area contributed by atoms with Gasteiger partial charge in [0.1, 0.15) is 11.3 Å². The Labute approximate surface area is 137 Å². The van der Waals surface area contributed by atoms with Crippen LogP contribution in [0.3, 0.4) is 0 Å². The third-order valence-corrected chi connectivity index (χ3v) is 5.62. The summed E-state index contributed by atoms with van der Waals surface area (Å²) in [5, 5.41) is 0. The van der Waals surface area contributed by atoms with E-state index < -0.39 is 0 Å². The summed E-state index contributed by atoms with van der Waals surface area (Å²) >= 11 is 0. The van der Waals surface area contributed by atoms with Gasteiger partial charge >= 0.3 is 5.97 Å². The second-order valence-corrected chi connectivity index (χ2v) is 7.56. The van der Waals surface area contributed by atoms with E-state index >= 15 is 0 Å². The first-order valence-corrected chi connectivity index (χ1v) is 8.72. The molecule has 1 saturated heterocycles. The number of rotatable bonds is 3. The molecule has 0 bridgehead atoms. The van der Waals surface area contributed by atoms with Gasteiger partial charge in [-0.05, 0) is 49.8 Å². The van der Waals surface area contributed by atoms with Gasteiger partial charge in [0.25, 0.3) is 0 Å².